The number of carbonyl (C=O) groups excluding carboxylic acids is 1. The molecule has 0 atom stereocenters. The van der Waals surface area contributed by atoms with Crippen molar-refractivity contribution in [1.82, 2.24) is 15.2 Å². The minimum absolute atomic E-state index is 0.0502. The Morgan fingerprint density at radius 2 is 1.97 bits per heavy atom. The van der Waals surface area contributed by atoms with Crippen molar-refractivity contribution in [3.05, 3.63) is 58.3 Å². The Morgan fingerprint density at radius 3 is 2.65 bits per heavy atom. The number of fused-ring (bicyclic) bond motifs is 1. The van der Waals surface area contributed by atoms with E-state index in [2.05, 4.69) is 22.1 Å². The molecule has 1 saturated heterocycles. The zero-order valence-electron chi connectivity index (χ0n) is 19.5. The summed E-state index contributed by atoms with van der Waals surface area (Å²) in [4.78, 5) is 17.6. The van der Waals surface area contributed by atoms with Crippen LogP contribution in [-0.4, -0.2) is 49.6 Å². The minimum atomic E-state index is -4.53. The first-order valence-corrected chi connectivity index (χ1v) is 11.2. The van der Waals surface area contributed by atoms with E-state index in [4.69, 9.17) is 9.47 Å². The fourth-order valence-electron chi connectivity index (χ4n) is 4.51. The Kier molecular flexibility index (Phi) is 6.84. The van der Waals surface area contributed by atoms with Gasteiger partial charge < -0.3 is 14.8 Å². The number of nitrogens with one attached hydrogen (secondary N) is 1. The molecule has 4 rings (SSSR count). The third kappa shape index (κ3) is 5.04. The molecule has 1 fully saturated rings. The van der Waals surface area contributed by atoms with E-state index >= 15 is 0 Å². The van der Waals surface area contributed by atoms with Gasteiger partial charge in [-0.25, -0.2) is 4.98 Å². The molecule has 0 radical (unpaired) electrons. The van der Waals surface area contributed by atoms with Gasteiger partial charge in [-0.05, 0) is 60.7 Å². The smallest absolute Gasteiger partial charge is 0.433 e. The molecular formula is C25H28F3N3O3. The van der Waals surface area contributed by atoms with Crippen LogP contribution < -0.4 is 14.8 Å². The van der Waals surface area contributed by atoms with Gasteiger partial charge in [0.1, 0.15) is 18.1 Å². The Bertz CT molecular complexity index is 1110. The maximum Gasteiger partial charge on any atom is 0.433 e. The van der Waals surface area contributed by atoms with E-state index in [9.17, 15) is 18.0 Å². The van der Waals surface area contributed by atoms with Gasteiger partial charge in [0, 0.05) is 26.7 Å². The molecule has 1 aliphatic heterocycles. The van der Waals surface area contributed by atoms with Crippen molar-refractivity contribution >= 4 is 11.5 Å². The number of nitrogens with zero attached hydrogens (tertiary/aromatic N) is 2. The Hall–Kier alpha value is -3.07. The Balaban J connectivity index is 1.41. The van der Waals surface area contributed by atoms with E-state index in [1.807, 2.05) is 18.2 Å². The quantitative estimate of drug-likeness (QED) is 0.654. The van der Waals surface area contributed by atoms with Crippen LogP contribution >= 0.6 is 0 Å². The van der Waals surface area contributed by atoms with Crippen LogP contribution in [0.15, 0.2) is 35.9 Å². The van der Waals surface area contributed by atoms with E-state index in [0.29, 0.717) is 11.3 Å². The van der Waals surface area contributed by atoms with Crippen molar-refractivity contribution in [2.24, 2.45) is 5.92 Å². The molecule has 0 spiro atoms. The molecule has 1 amide bonds. The number of hydrogen-bond acceptors (Lipinski definition) is 5. The fraction of sp³-hybridized carbons (Fsp3) is 0.440. The van der Waals surface area contributed by atoms with Crippen molar-refractivity contribution in [2.75, 3.05) is 33.8 Å². The summed E-state index contributed by atoms with van der Waals surface area (Å²) < 4.78 is 49.6. The first-order valence-electron chi connectivity index (χ1n) is 11.2. The summed E-state index contributed by atoms with van der Waals surface area (Å²) in [6.45, 7) is 4.63. The van der Waals surface area contributed by atoms with Gasteiger partial charge in [0.15, 0.2) is 0 Å². The SMILES string of the molecule is CNC(=O)C1CN(CC2=C(C)c3ccc(OCc4ccc(C(F)(F)F)nc4OC)cc3CC2)C1. The number of pyridine rings is 1. The lowest BCUT2D eigenvalue weighted by molar-refractivity contribution is -0.141. The van der Waals surface area contributed by atoms with Crippen LogP contribution in [0.3, 0.4) is 0 Å². The maximum atomic E-state index is 12.9. The lowest BCUT2D eigenvalue weighted by atomic mass is 9.85. The average Bonchev–Trinajstić information content (AvgIpc) is 2.79. The van der Waals surface area contributed by atoms with Crippen molar-refractivity contribution in [3.63, 3.8) is 0 Å². The van der Waals surface area contributed by atoms with Crippen LogP contribution in [0.1, 0.15) is 35.7 Å². The number of halogens is 3. The zero-order chi connectivity index (χ0) is 24.5. The van der Waals surface area contributed by atoms with E-state index in [1.165, 1.54) is 35.4 Å². The third-order valence-electron chi connectivity index (χ3n) is 6.51. The molecule has 2 heterocycles. The summed E-state index contributed by atoms with van der Waals surface area (Å²) in [5.41, 5.74) is 4.45. The van der Waals surface area contributed by atoms with Crippen molar-refractivity contribution in [3.8, 4) is 11.6 Å². The molecule has 9 heteroatoms. The van der Waals surface area contributed by atoms with E-state index in [1.54, 1.807) is 7.05 Å². The van der Waals surface area contributed by atoms with Gasteiger partial charge in [-0.2, -0.15) is 13.2 Å². The summed E-state index contributed by atoms with van der Waals surface area (Å²) in [5, 5.41) is 2.71. The molecule has 2 aliphatic rings. The summed E-state index contributed by atoms with van der Waals surface area (Å²) in [5.74, 6) is 0.738. The van der Waals surface area contributed by atoms with Gasteiger partial charge in [-0.1, -0.05) is 11.6 Å². The van der Waals surface area contributed by atoms with Crippen molar-refractivity contribution < 1.29 is 27.4 Å². The fourth-order valence-corrected chi connectivity index (χ4v) is 4.51. The molecule has 6 nitrogen and oxygen atoms in total. The first-order chi connectivity index (χ1) is 16.2. The highest BCUT2D eigenvalue weighted by Crippen LogP contribution is 2.35. The Morgan fingerprint density at radius 1 is 1.21 bits per heavy atom. The van der Waals surface area contributed by atoms with Crippen LogP contribution in [0.5, 0.6) is 11.6 Å². The summed E-state index contributed by atoms with van der Waals surface area (Å²) >= 11 is 0. The highest BCUT2D eigenvalue weighted by Gasteiger charge is 2.34. The number of alkyl halides is 3. The number of amides is 1. The van der Waals surface area contributed by atoms with Crippen LogP contribution in [-0.2, 0) is 24.0 Å². The second-order valence-corrected chi connectivity index (χ2v) is 8.70. The molecule has 1 N–H and O–H groups in total. The predicted molar refractivity (Wildman–Crippen MR) is 121 cm³/mol. The highest BCUT2D eigenvalue weighted by atomic mass is 19.4. The van der Waals surface area contributed by atoms with Gasteiger partial charge >= 0.3 is 6.18 Å². The van der Waals surface area contributed by atoms with E-state index in [-0.39, 0.29) is 24.3 Å². The second-order valence-electron chi connectivity index (χ2n) is 8.70. The molecule has 0 bridgehead atoms. The number of carbonyl (C=O) groups is 1. The lowest BCUT2D eigenvalue weighted by Gasteiger charge is -2.39. The van der Waals surface area contributed by atoms with Gasteiger partial charge in [0.25, 0.3) is 0 Å². The number of ether oxygens (including phenoxy) is 2. The number of methoxy groups -OCH3 is 1. The number of aryl methyl sites for hydroxylation is 1. The second kappa shape index (κ2) is 9.66. The van der Waals surface area contributed by atoms with Crippen molar-refractivity contribution in [1.29, 1.82) is 0 Å². The van der Waals surface area contributed by atoms with E-state index < -0.39 is 11.9 Å². The average molecular weight is 476 g/mol. The topological polar surface area (TPSA) is 63.7 Å². The molecule has 34 heavy (non-hydrogen) atoms. The van der Waals surface area contributed by atoms with Gasteiger partial charge in [-0.3, -0.25) is 9.69 Å². The van der Waals surface area contributed by atoms with Crippen LogP contribution in [0.25, 0.3) is 5.57 Å². The molecule has 1 aromatic carbocycles. The Labute approximate surface area is 196 Å². The predicted octanol–water partition coefficient (Wildman–Crippen LogP) is 4.09. The number of rotatable bonds is 7. The highest BCUT2D eigenvalue weighted by molar-refractivity contribution is 5.79. The van der Waals surface area contributed by atoms with Gasteiger partial charge in [0.05, 0.1) is 18.6 Å². The van der Waals surface area contributed by atoms with Crippen molar-refractivity contribution in [2.45, 2.75) is 32.5 Å². The summed E-state index contributed by atoms with van der Waals surface area (Å²) in [7, 11) is 2.96. The van der Waals surface area contributed by atoms with Crippen LogP contribution in [0.2, 0.25) is 0 Å². The number of allylic oxidation sites excluding steroid dienone is 1. The minimum Gasteiger partial charge on any atom is -0.489 e. The molecule has 1 aromatic heterocycles. The van der Waals surface area contributed by atoms with Gasteiger partial charge in [-0.15, -0.1) is 0 Å². The van der Waals surface area contributed by atoms with E-state index in [0.717, 1.165) is 38.5 Å². The molecular weight excluding hydrogens is 447 g/mol. The monoisotopic (exact) mass is 475 g/mol. The normalized spacial score (nSPS) is 16.6. The summed E-state index contributed by atoms with van der Waals surface area (Å²) in [6.07, 6.45) is -2.70. The summed E-state index contributed by atoms with van der Waals surface area (Å²) in [6, 6.07) is 8.16. The number of hydrogen-bond donors (Lipinski definition) is 1. The molecule has 0 unspecified atom stereocenters. The van der Waals surface area contributed by atoms with Crippen LogP contribution in [0.4, 0.5) is 13.2 Å². The molecule has 182 valence electrons. The molecule has 0 saturated carbocycles. The number of benzene rings is 1. The molecule has 1 aliphatic carbocycles. The van der Waals surface area contributed by atoms with Gasteiger partial charge in [0.2, 0.25) is 11.8 Å². The maximum absolute atomic E-state index is 12.9. The lowest BCUT2D eigenvalue weighted by Crippen LogP contribution is -2.53. The third-order valence-corrected chi connectivity index (χ3v) is 6.51. The number of likely N-dealkylation sites (tertiary alicyclic amines) is 1. The molecule has 2 aromatic rings. The standard InChI is InChI=1S/C25H28F3N3O3/c1-15-17(11-31-12-19(13-31)23(32)29-2)5-4-16-10-20(7-8-21(15)16)34-14-18-6-9-22(25(26,27)28)30-24(18)33-3/h6-10,19H,4-5,11-14H2,1-3H3,(H,29,32). The van der Waals surface area contributed by atoms with Crippen LogP contribution in [0, 0.1) is 5.92 Å². The largest absolute Gasteiger partial charge is 0.489 e. The zero-order valence-corrected chi connectivity index (χ0v) is 19.5. The number of aromatic nitrogens is 1. The first kappa shape index (κ1) is 24.1.